The number of aryl methyl sites for hydroxylation is 1. The summed E-state index contributed by atoms with van der Waals surface area (Å²) in [5.41, 5.74) is 1.36. The molecule has 0 saturated carbocycles. The summed E-state index contributed by atoms with van der Waals surface area (Å²) in [7, 11) is 1.41. The van der Waals surface area contributed by atoms with Gasteiger partial charge in [-0.1, -0.05) is 29.3 Å². The van der Waals surface area contributed by atoms with Crippen molar-refractivity contribution in [2.45, 2.75) is 83.1 Å². The fraction of sp³-hybridized carbons (Fsp3) is 0.567. The first kappa shape index (κ1) is 28.8. The second-order valence-electron chi connectivity index (χ2n) is 12.1. The Balaban J connectivity index is 1.29. The summed E-state index contributed by atoms with van der Waals surface area (Å²) in [5, 5.41) is 1.02. The quantitative estimate of drug-likeness (QED) is 0.373. The van der Waals surface area contributed by atoms with Gasteiger partial charge in [0.25, 0.3) is 0 Å². The topological polar surface area (TPSA) is 81.2 Å². The highest BCUT2D eigenvalue weighted by Gasteiger charge is 2.53. The lowest BCUT2D eigenvalue weighted by molar-refractivity contribution is -0.150. The normalized spacial score (nSPS) is 26.1. The molecule has 1 aromatic carbocycles. The van der Waals surface area contributed by atoms with E-state index in [0.717, 1.165) is 42.8 Å². The number of fused-ring (bicyclic) bond motifs is 2. The minimum Gasteiger partial charge on any atom is -0.485 e. The van der Waals surface area contributed by atoms with Crippen molar-refractivity contribution in [3.63, 3.8) is 0 Å². The molecule has 8 nitrogen and oxygen atoms in total. The number of hydrogen-bond donors (Lipinski definition) is 0. The van der Waals surface area contributed by atoms with Crippen molar-refractivity contribution in [3.05, 3.63) is 51.6 Å². The van der Waals surface area contributed by atoms with Gasteiger partial charge in [0.15, 0.2) is 5.75 Å². The third-order valence-electron chi connectivity index (χ3n) is 8.09. The molecule has 3 saturated heterocycles. The molecule has 3 aliphatic rings. The van der Waals surface area contributed by atoms with Gasteiger partial charge in [-0.3, -0.25) is 4.79 Å². The number of pyridine rings is 1. The number of amides is 1. The van der Waals surface area contributed by atoms with E-state index in [4.69, 9.17) is 42.4 Å². The smallest absolute Gasteiger partial charge is 0.410 e. The molecule has 0 aliphatic carbocycles. The maximum absolute atomic E-state index is 13.1. The van der Waals surface area contributed by atoms with Crippen LogP contribution in [0.4, 0.5) is 10.6 Å². The highest BCUT2D eigenvalue weighted by Crippen LogP contribution is 2.48. The van der Waals surface area contributed by atoms with Crippen LogP contribution in [0.2, 0.25) is 10.0 Å². The van der Waals surface area contributed by atoms with E-state index in [2.05, 4.69) is 4.90 Å². The fourth-order valence-corrected chi connectivity index (χ4v) is 7.09. The second kappa shape index (κ2) is 11.3. The molecule has 10 heteroatoms. The van der Waals surface area contributed by atoms with Crippen LogP contribution in [-0.2, 0) is 14.3 Å². The first-order valence-electron chi connectivity index (χ1n) is 13.9. The summed E-state index contributed by atoms with van der Waals surface area (Å²) in [6, 6.07) is 7.50. The number of ether oxygens (including phenoxy) is 3. The molecule has 1 aromatic heterocycles. The van der Waals surface area contributed by atoms with Crippen LogP contribution in [-0.4, -0.2) is 65.9 Å². The number of halogens is 2. The SMILES string of the molecule is COC(=O)[C@@H]1[C@H]2CC[C@@H](C[C@H]1c1ccc(N3CC[C@@H](Oc4c(Cl)cc(C)cc4Cl)C3)nc1)N2C(=O)OC(C)(C)C. The van der Waals surface area contributed by atoms with Crippen LogP contribution in [0.15, 0.2) is 30.5 Å². The van der Waals surface area contributed by atoms with Crippen molar-refractivity contribution < 1.29 is 23.8 Å². The molecular formula is C30H37Cl2N3O5. The molecule has 0 radical (unpaired) electrons. The highest BCUT2D eigenvalue weighted by atomic mass is 35.5. The number of carbonyl (C=O) groups excluding carboxylic acids is 2. The number of rotatable bonds is 5. The van der Waals surface area contributed by atoms with E-state index >= 15 is 0 Å². The van der Waals surface area contributed by atoms with Crippen LogP contribution < -0.4 is 9.64 Å². The molecule has 5 rings (SSSR count). The van der Waals surface area contributed by atoms with Crippen molar-refractivity contribution in [1.82, 2.24) is 9.88 Å². The maximum Gasteiger partial charge on any atom is 0.410 e. The summed E-state index contributed by atoms with van der Waals surface area (Å²) < 4.78 is 17.1. The molecule has 2 bridgehead atoms. The predicted octanol–water partition coefficient (Wildman–Crippen LogP) is 6.40. The van der Waals surface area contributed by atoms with Crippen LogP contribution in [0, 0.1) is 12.8 Å². The average Bonchev–Trinajstić information content (AvgIpc) is 3.48. The summed E-state index contributed by atoms with van der Waals surface area (Å²) in [5.74, 6) is 0.495. The van der Waals surface area contributed by atoms with Crippen LogP contribution in [0.3, 0.4) is 0 Å². The van der Waals surface area contributed by atoms with E-state index in [-0.39, 0.29) is 36.2 Å². The number of hydrogen-bond acceptors (Lipinski definition) is 7. The standard InChI is InChI=1S/C30H37Cl2N3O5/c1-17-12-22(31)27(23(32)13-17)39-20-10-11-34(16-20)25-9-6-18(15-33-25)21-14-19-7-8-24(26(21)28(36)38-5)35(19)29(37)40-30(2,3)4/h6,9,12-13,15,19-21,24,26H,7-8,10-11,14,16H2,1-5H3/t19-,20+,21-,24+,26-/m0/s1. The van der Waals surface area contributed by atoms with Crippen molar-refractivity contribution in [2.75, 3.05) is 25.1 Å². The van der Waals surface area contributed by atoms with Crippen LogP contribution in [0.5, 0.6) is 5.75 Å². The van der Waals surface area contributed by atoms with Gasteiger partial charge in [0, 0.05) is 37.2 Å². The first-order valence-corrected chi connectivity index (χ1v) is 14.6. The Morgan fingerprint density at radius 3 is 2.42 bits per heavy atom. The molecule has 0 spiro atoms. The van der Waals surface area contributed by atoms with E-state index in [0.29, 0.717) is 28.8 Å². The predicted molar refractivity (Wildman–Crippen MR) is 154 cm³/mol. The summed E-state index contributed by atoms with van der Waals surface area (Å²) >= 11 is 12.8. The Kier molecular flexibility index (Phi) is 8.13. The largest absolute Gasteiger partial charge is 0.485 e. The Morgan fingerprint density at radius 1 is 1.07 bits per heavy atom. The zero-order valence-corrected chi connectivity index (χ0v) is 25.2. The molecule has 5 atom stereocenters. The van der Waals surface area contributed by atoms with Gasteiger partial charge >= 0.3 is 12.1 Å². The van der Waals surface area contributed by atoms with Crippen LogP contribution in [0.1, 0.15) is 63.5 Å². The lowest BCUT2D eigenvalue weighted by atomic mass is 9.76. The molecular weight excluding hydrogens is 553 g/mol. The average molecular weight is 591 g/mol. The van der Waals surface area contributed by atoms with E-state index in [1.807, 2.05) is 58.2 Å². The Hall–Kier alpha value is -2.71. The molecule has 1 amide bonds. The zero-order chi connectivity index (χ0) is 28.8. The third-order valence-corrected chi connectivity index (χ3v) is 8.65. The number of esters is 1. The number of aromatic nitrogens is 1. The monoisotopic (exact) mass is 589 g/mol. The van der Waals surface area contributed by atoms with E-state index in [1.165, 1.54) is 7.11 Å². The lowest BCUT2D eigenvalue weighted by Crippen LogP contribution is -2.54. The number of carbonyl (C=O) groups is 2. The van der Waals surface area contributed by atoms with Gasteiger partial charge in [-0.15, -0.1) is 0 Å². The minimum atomic E-state index is -0.605. The van der Waals surface area contributed by atoms with E-state index in [9.17, 15) is 9.59 Å². The third kappa shape index (κ3) is 5.84. The molecule has 40 heavy (non-hydrogen) atoms. The molecule has 3 fully saturated rings. The van der Waals surface area contributed by atoms with Crippen molar-refractivity contribution >= 4 is 41.1 Å². The number of anilines is 1. The number of nitrogens with zero attached hydrogens (tertiary/aromatic N) is 3. The number of piperidine rings is 1. The maximum atomic E-state index is 13.1. The highest BCUT2D eigenvalue weighted by molar-refractivity contribution is 6.37. The molecule has 3 aliphatic heterocycles. The van der Waals surface area contributed by atoms with Gasteiger partial charge < -0.3 is 24.0 Å². The van der Waals surface area contributed by atoms with Crippen molar-refractivity contribution in [1.29, 1.82) is 0 Å². The second-order valence-corrected chi connectivity index (χ2v) is 12.9. The van der Waals surface area contributed by atoms with Gasteiger partial charge in [0.2, 0.25) is 0 Å². The Morgan fingerprint density at radius 2 is 1.80 bits per heavy atom. The van der Waals surface area contributed by atoms with Crippen molar-refractivity contribution in [3.8, 4) is 5.75 Å². The summed E-state index contributed by atoms with van der Waals surface area (Å²) in [6.07, 6.45) is 4.50. The van der Waals surface area contributed by atoms with Gasteiger partial charge in [0.05, 0.1) is 29.6 Å². The van der Waals surface area contributed by atoms with E-state index in [1.54, 1.807) is 4.90 Å². The first-order chi connectivity index (χ1) is 18.9. The molecule has 0 unspecified atom stereocenters. The zero-order valence-electron chi connectivity index (χ0n) is 23.7. The summed E-state index contributed by atoms with van der Waals surface area (Å²) in [4.78, 5) is 34.9. The molecule has 4 heterocycles. The van der Waals surface area contributed by atoms with Gasteiger partial charge in [-0.25, -0.2) is 9.78 Å². The molecule has 2 aromatic rings. The fourth-order valence-electron chi connectivity index (χ4n) is 6.41. The van der Waals surface area contributed by atoms with E-state index < -0.39 is 11.5 Å². The van der Waals surface area contributed by atoms with Crippen LogP contribution in [0.25, 0.3) is 0 Å². The number of benzene rings is 1. The Labute approximate surface area is 245 Å². The van der Waals surface area contributed by atoms with Crippen LogP contribution >= 0.6 is 23.2 Å². The minimum absolute atomic E-state index is 0.0161. The van der Waals surface area contributed by atoms with Crippen molar-refractivity contribution in [2.24, 2.45) is 5.92 Å². The van der Waals surface area contributed by atoms with Gasteiger partial charge in [-0.05, 0) is 76.3 Å². The molecule has 0 N–H and O–H groups in total. The van der Waals surface area contributed by atoms with Gasteiger partial charge in [-0.2, -0.15) is 0 Å². The Bertz CT molecular complexity index is 1240. The summed E-state index contributed by atoms with van der Waals surface area (Å²) in [6.45, 7) is 8.96. The van der Waals surface area contributed by atoms with Gasteiger partial charge in [0.1, 0.15) is 17.5 Å². The lowest BCUT2D eigenvalue weighted by Gasteiger charge is -2.43. The number of methoxy groups -OCH3 is 1. The molecule has 216 valence electrons.